The number of nitrogens with one attached hydrogen (secondary N) is 2. The molecule has 3 aromatic rings. The molecule has 4 rings (SSSR count). The molecule has 0 aromatic heterocycles. The quantitative estimate of drug-likeness (QED) is 0.639. The maximum absolute atomic E-state index is 3.85. The van der Waals surface area contributed by atoms with E-state index in [1.165, 1.54) is 21.9 Å². The van der Waals surface area contributed by atoms with E-state index in [2.05, 4.69) is 71.8 Å². The Labute approximate surface area is 142 Å². The summed E-state index contributed by atoms with van der Waals surface area (Å²) in [5.74, 6) is 0. The van der Waals surface area contributed by atoms with Gasteiger partial charge in [0.2, 0.25) is 0 Å². The average Bonchev–Trinajstić information content (AvgIpc) is 2.63. The van der Waals surface area contributed by atoms with Crippen molar-refractivity contribution in [3.8, 4) is 0 Å². The van der Waals surface area contributed by atoms with Crippen LogP contribution in [-0.4, -0.2) is 6.54 Å². The molecular weight excluding hydrogens is 292 g/mol. The molecule has 0 saturated heterocycles. The Kier molecular flexibility index (Phi) is 3.89. The van der Waals surface area contributed by atoms with Crippen LogP contribution in [0.1, 0.15) is 17.2 Å². The van der Waals surface area contributed by atoms with E-state index in [0.29, 0.717) is 0 Å². The molecule has 24 heavy (non-hydrogen) atoms. The lowest BCUT2D eigenvalue weighted by molar-refractivity contribution is 0.649. The summed E-state index contributed by atoms with van der Waals surface area (Å²) in [6.45, 7) is 4.61. The molecule has 0 bridgehead atoms. The van der Waals surface area contributed by atoms with Crippen molar-refractivity contribution in [1.82, 2.24) is 5.32 Å². The van der Waals surface area contributed by atoms with Gasteiger partial charge in [-0.2, -0.15) is 0 Å². The van der Waals surface area contributed by atoms with E-state index >= 15 is 0 Å². The highest BCUT2D eigenvalue weighted by molar-refractivity contribution is 5.96. The molecule has 0 saturated carbocycles. The minimum absolute atomic E-state index is 0.127. The number of benzene rings is 3. The Morgan fingerprint density at radius 1 is 0.917 bits per heavy atom. The van der Waals surface area contributed by atoms with Crippen molar-refractivity contribution >= 4 is 22.5 Å². The van der Waals surface area contributed by atoms with Gasteiger partial charge in [0.25, 0.3) is 0 Å². The van der Waals surface area contributed by atoms with Crippen molar-refractivity contribution in [3.63, 3.8) is 0 Å². The lowest BCUT2D eigenvalue weighted by Gasteiger charge is -2.29. The maximum atomic E-state index is 3.85. The normalized spacial score (nSPS) is 15.8. The van der Waals surface area contributed by atoms with Crippen molar-refractivity contribution < 1.29 is 0 Å². The molecule has 0 heterocycles. The van der Waals surface area contributed by atoms with E-state index < -0.39 is 0 Å². The molecule has 1 unspecified atom stereocenters. The highest BCUT2D eigenvalue weighted by Gasteiger charge is 2.23. The zero-order chi connectivity index (χ0) is 16.4. The Bertz CT molecular complexity index is 904. The van der Waals surface area contributed by atoms with Gasteiger partial charge in [-0.25, -0.2) is 0 Å². The van der Waals surface area contributed by atoms with E-state index in [0.717, 1.165) is 17.9 Å². The highest BCUT2D eigenvalue weighted by Crippen LogP contribution is 2.37. The first-order valence-corrected chi connectivity index (χ1v) is 8.26. The van der Waals surface area contributed by atoms with Crippen LogP contribution in [0.2, 0.25) is 0 Å². The fraction of sp³-hybridized carbons (Fsp3) is 0.0909. The zero-order valence-electron chi connectivity index (χ0n) is 13.5. The van der Waals surface area contributed by atoms with Gasteiger partial charge >= 0.3 is 0 Å². The van der Waals surface area contributed by atoms with Gasteiger partial charge in [0.05, 0.1) is 6.04 Å². The maximum Gasteiger partial charge on any atom is 0.0738 e. The van der Waals surface area contributed by atoms with Crippen LogP contribution in [0.3, 0.4) is 0 Å². The predicted molar refractivity (Wildman–Crippen MR) is 103 cm³/mol. The minimum atomic E-state index is 0.127. The van der Waals surface area contributed by atoms with Gasteiger partial charge in [-0.3, -0.25) is 0 Å². The monoisotopic (exact) mass is 312 g/mol. The number of rotatable bonds is 5. The largest absolute Gasteiger partial charge is 0.357 e. The molecular formula is C22H20N2. The molecule has 1 aliphatic carbocycles. The second-order valence-corrected chi connectivity index (χ2v) is 6.01. The molecule has 0 fully saturated rings. The predicted octanol–water partition coefficient (Wildman–Crippen LogP) is 5.12. The van der Waals surface area contributed by atoms with Gasteiger partial charge in [-0.05, 0) is 40.1 Å². The van der Waals surface area contributed by atoms with Crippen LogP contribution in [0.25, 0.3) is 16.8 Å². The molecule has 0 spiro atoms. The Morgan fingerprint density at radius 2 is 1.71 bits per heavy atom. The van der Waals surface area contributed by atoms with Crippen molar-refractivity contribution in [2.75, 3.05) is 11.9 Å². The first-order chi connectivity index (χ1) is 11.9. The molecule has 2 nitrogen and oxygen atoms in total. The van der Waals surface area contributed by atoms with Crippen molar-refractivity contribution in [2.24, 2.45) is 0 Å². The molecule has 0 aliphatic heterocycles. The van der Waals surface area contributed by atoms with E-state index in [1.54, 1.807) is 0 Å². The first-order valence-electron chi connectivity index (χ1n) is 8.26. The third kappa shape index (κ3) is 2.61. The van der Waals surface area contributed by atoms with Crippen LogP contribution in [0.5, 0.6) is 0 Å². The van der Waals surface area contributed by atoms with Crippen molar-refractivity contribution in [2.45, 2.75) is 6.04 Å². The third-order valence-corrected chi connectivity index (χ3v) is 4.43. The number of hydrogen-bond acceptors (Lipinski definition) is 2. The van der Waals surface area contributed by atoms with Crippen LogP contribution in [0.15, 0.2) is 85.1 Å². The molecule has 1 aliphatic rings. The fourth-order valence-electron chi connectivity index (χ4n) is 3.40. The van der Waals surface area contributed by atoms with E-state index in [1.807, 2.05) is 24.3 Å². The summed E-state index contributed by atoms with van der Waals surface area (Å²) < 4.78 is 0. The standard InChI is InChI=1S/C22H20N2/c1-2-14-23-22-19-13-7-9-16-8-6-10-17(21(16)19)15-20(22)24-18-11-4-3-5-12-18/h2-13,15,22-24H,1,14H2. The second-order valence-electron chi connectivity index (χ2n) is 6.01. The molecule has 0 amide bonds. The van der Waals surface area contributed by atoms with Crippen molar-refractivity contribution in [3.05, 3.63) is 96.2 Å². The molecule has 3 aromatic carbocycles. The number of anilines is 1. The summed E-state index contributed by atoms with van der Waals surface area (Å²) >= 11 is 0. The van der Waals surface area contributed by atoms with Gasteiger partial charge in [-0.15, -0.1) is 6.58 Å². The van der Waals surface area contributed by atoms with Crippen LogP contribution >= 0.6 is 0 Å². The van der Waals surface area contributed by atoms with Gasteiger partial charge in [0.15, 0.2) is 0 Å². The van der Waals surface area contributed by atoms with Crippen LogP contribution in [-0.2, 0) is 0 Å². The van der Waals surface area contributed by atoms with Crippen LogP contribution in [0.4, 0.5) is 5.69 Å². The second kappa shape index (κ2) is 6.34. The van der Waals surface area contributed by atoms with Gasteiger partial charge in [0, 0.05) is 17.9 Å². The summed E-state index contributed by atoms with van der Waals surface area (Å²) in [6, 6.07) is 23.4. The summed E-state index contributed by atoms with van der Waals surface area (Å²) in [5, 5.41) is 9.80. The van der Waals surface area contributed by atoms with Crippen LogP contribution in [0, 0.1) is 0 Å². The van der Waals surface area contributed by atoms with Crippen LogP contribution < -0.4 is 10.6 Å². The summed E-state index contributed by atoms with van der Waals surface area (Å²) in [6.07, 6.45) is 4.16. The first kappa shape index (κ1) is 14.7. The fourth-order valence-corrected chi connectivity index (χ4v) is 3.40. The summed E-state index contributed by atoms with van der Waals surface area (Å²) in [7, 11) is 0. The topological polar surface area (TPSA) is 24.1 Å². The molecule has 1 atom stereocenters. The third-order valence-electron chi connectivity index (χ3n) is 4.43. The summed E-state index contributed by atoms with van der Waals surface area (Å²) in [4.78, 5) is 0. The molecule has 2 heteroatoms. The SMILES string of the molecule is C=CCNC1C(Nc2ccccc2)=Cc2cccc3cccc1c23. The molecule has 0 radical (unpaired) electrons. The smallest absolute Gasteiger partial charge is 0.0738 e. The Balaban J connectivity index is 1.83. The Hall–Kier alpha value is -2.84. The zero-order valence-corrected chi connectivity index (χ0v) is 13.5. The minimum Gasteiger partial charge on any atom is -0.357 e. The lowest BCUT2D eigenvalue weighted by Crippen LogP contribution is -2.28. The molecule has 118 valence electrons. The van der Waals surface area contributed by atoms with E-state index in [9.17, 15) is 0 Å². The van der Waals surface area contributed by atoms with E-state index in [-0.39, 0.29) is 6.04 Å². The lowest BCUT2D eigenvalue weighted by atomic mass is 9.88. The summed E-state index contributed by atoms with van der Waals surface area (Å²) in [5.41, 5.74) is 4.83. The Morgan fingerprint density at radius 3 is 2.50 bits per heavy atom. The van der Waals surface area contributed by atoms with E-state index in [4.69, 9.17) is 0 Å². The van der Waals surface area contributed by atoms with Gasteiger partial charge < -0.3 is 10.6 Å². The average molecular weight is 312 g/mol. The van der Waals surface area contributed by atoms with Gasteiger partial charge in [0.1, 0.15) is 0 Å². The molecule has 2 N–H and O–H groups in total. The highest BCUT2D eigenvalue weighted by atomic mass is 15.0. The van der Waals surface area contributed by atoms with Crippen molar-refractivity contribution in [1.29, 1.82) is 0 Å². The number of para-hydroxylation sites is 1. The van der Waals surface area contributed by atoms with Gasteiger partial charge in [-0.1, -0.05) is 60.7 Å². The number of hydrogen-bond donors (Lipinski definition) is 2.